The zero-order valence-electron chi connectivity index (χ0n) is 24.6. The lowest BCUT2D eigenvalue weighted by atomic mass is 9.95. The summed E-state index contributed by atoms with van der Waals surface area (Å²) in [6.07, 6.45) is 0.857. The number of ketones is 1. The normalized spacial score (nSPS) is 17.2. The number of ether oxygens (including phenoxy) is 3. The third-order valence-corrected chi connectivity index (χ3v) is 9.40. The predicted octanol–water partition coefficient (Wildman–Crippen LogP) is 6.79. The molecule has 0 aliphatic carbocycles. The molecular weight excluding hydrogens is 618 g/mol. The van der Waals surface area contributed by atoms with Gasteiger partial charge >= 0.3 is 5.91 Å². The molecule has 0 radical (unpaired) electrons. The number of amides is 1. The summed E-state index contributed by atoms with van der Waals surface area (Å²) in [5.74, 6) is 0.152. The van der Waals surface area contributed by atoms with Gasteiger partial charge in [0.1, 0.15) is 30.5 Å². The molecule has 12 heteroatoms. The molecule has 1 aromatic heterocycles. The quantitative estimate of drug-likeness (QED) is 0.0654. The first-order chi connectivity index (χ1) is 21.8. The smallest absolute Gasteiger partial charge is 0.301 e. The maximum Gasteiger partial charge on any atom is 0.301 e. The lowest BCUT2D eigenvalue weighted by molar-refractivity contribution is -0.132. The van der Waals surface area contributed by atoms with Gasteiger partial charge in [-0.25, -0.2) is 4.39 Å². The number of aliphatic hydroxyl groups is 1. The highest BCUT2D eigenvalue weighted by molar-refractivity contribution is 8.00. The van der Waals surface area contributed by atoms with Gasteiger partial charge in [-0.15, -0.1) is 10.2 Å². The summed E-state index contributed by atoms with van der Waals surface area (Å²) < 4.78 is 31.2. The van der Waals surface area contributed by atoms with Crippen molar-refractivity contribution in [2.75, 3.05) is 24.7 Å². The van der Waals surface area contributed by atoms with Crippen LogP contribution in [0.25, 0.3) is 5.76 Å². The molecule has 3 heterocycles. The lowest BCUT2D eigenvalue weighted by Gasteiger charge is -2.23. The van der Waals surface area contributed by atoms with E-state index in [0.29, 0.717) is 64.2 Å². The molecule has 1 amide bonds. The van der Waals surface area contributed by atoms with Crippen molar-refractivity contribution in [3.8, 4) is 17.2 Å². The summed E-state index contributed by atoms with van der Waals surface area (Å²) in [5, 5.41) is 20.3. The Morgan fingerprint density at radius 2 is 1.84 bits per heavy atom. The van der Waals surface area contributed by atoms with Gasteiger partial charge in [-0.3, -0.25) is 14.5 Å². The van der Waals surface area contributed by atoms with Crippen LogP contribution in [0.4, 0.5) is 9.52 Å². The standard InChI is InChI=1S/C33H30FN3O6S2/c1-19(2)12-13-41-24-5-3-4-21(16-24)28-27(29(38)22-8-11-25-26(17-22)43-15-14-42-25)30(39)31(40)37(28)32-35-36-33(45-32)44-18-20-6-9-23(34)10-7-20/h3-11,16-17,19,28,38H,12-15,18H2,1-2H3/b29-27+/t28-/m0/s1. The fourth-order valence-corrected chi connectivity index (χ4v) is 6.79. The third-order valence-electron chi connectivity index (χ3n) is 7.28. The zero-order valence-corrected chi connectivity index (χ0v) is 26.2. The molecule has 3 aromatic carbocycles. The molecule has 1 fully saturated rings. The molecule has 4 aromatic rings. The molecule has 6 rings (SSSR count). The number of halogens is 1. The van der Waals surface area contributed by atoms with E-state index in [1.807, 2.05) is 6.07 Å². The van der Waals surface area contributed by atoms with Gasteiger partial charge in [0.2, 0.25) is 5.13 Å². The number of carbonyl (C=O) groups is 2. The Morgan fingerprint density at radius 3 is 2.62 bits per heavy atom. The van der Waals surface area contributed by atoms with Gasteiger partial charge in [0.05, 0.1) is 18.2 Å². The summed E-state index contributed by atoms with van der Waals surface area (Å²) in [4.78, 5) is 28.6. The molecule has 1 N–H and O–H groups in total. The molecule has 232 valence electrons. The number of hydrogen-bond acceptors (Lipinski definition) is 10. The van der Waals surface area contributed by atoms with Crippen LogP contribution in [0.2, 0.25) is 0 Å². The lowest BCUT2D eigenvalue weighted by Crippen LogP contribution is -2.29. The van der Waals surface area contributed by atoms with E-state index in [9.17, 15) is 19.1 Å². The van der Waals surface area contributed by atoms with Gasteiger partial charge in [-0.05, 0) is 65.9 Å². The molecule has 9 nitrogen and oxygen atoms in total. The van der Waals surface area contributed by atoms with Gasteiger partial charge in [-0.2, -0.15) is 0 Å². The van der Waals surface area contributed by atoms with Crippen molar-refractivity contribution in [3.63, 3.8) is 0 Å². The molecule has 0 bridgehead atoms. The molecule has 2 aliphatic rings. The van der Waals surface area contributed by atoms with Crippen molar-refractivity contribution < 1.29 is 33.3 Å². The van der Waals surface area contributed by atoms with E-state index in [0.717, 1.165) is 23.3 Å². The second-order valence-corrected chi connectivity index (χ2v) is 13.1. The molecular formula is C33H30FN3O6S2. The van der Waals surface area contributed by atoms with Crippen LogP contribution < -0.4 is 19.1 Å². The van der Waals surface area contributed by atoms with Crippen LogP contribution in [0.5, 0.6) is 17.2 Å². The van der Waals surface area contributed by atoms with Crippen molar-refractivity contribution in [1.82, 2.24) is 10.2 Å². The Balaban J connectivity index is 1.37. The molecule has 2 aliphatic heterocycles. The maximum absolute atomic E-state index is 13.7. The van der Waals surface area contributed by atoms with Gasteiger partial charge in [0.25, 0.3) is 5.78 Å². The molecule has 0 spiro atoms. The fourth-order valence-electron chi connectivity index (χ4n) is 4.96. The second kappa shape index (κ2) is 13.3. The van der Waals surface area contributed by atoms with E-state index < -0.39 is 17.7 Å². The Hall–Kier alpha value is -4.42. The number of aromatic nitrogens is 2. The zero-order chi connectivity index (χ0) is 31.5. The number of rotatable bonds is 10. The average molecular weight is 648 g/mol. The van der Waals surface area contributed by atoms with Crippen LogP contribution in [0.1, 0.15) is 43.0 Å². The van der Waals surface area contributed by atoms with E-state index in [1.54, 1.807) is 48.5 Å². The summed E-state index contributed by atoms with van der Waals surface area (Å²) in [5.41, 5.74) is 1.67. The van der Waals surface area contributed by atoms with Crippen LogP contribution in [0.15, 0.2) is 76.6 Å². The minimum Gasteiger partial charge on any atom is -0.507 e. The second-order valence-electron chi connectivity index (χ2n) is 10.9. The van der Waals surface area contributed by atoms with Gasteiger partial charge in [-0.1, -0.05) is 61.2 Å². The van der Waals surface area contributed by atoms with Crippen LogP contribution in [0, 0.1) is 11.7 Å². The molecule has 45 heavy (non-hydrogen) atoms. The summed E-state index contributed by atoms with van der Waals surface area (Å²) in [7, 11) is 0. The summed E-state index contributed by atoms with van der Waals surface area (Å²) in [6, 6.07) is 17.2. The van der Waals surface area contributed by atoms with Crippen LogP contribution in [-0.2, 0) is 15.3 Å². The summed E-state index contributed by atoms with van der Waals surface area (Å²) >= 11 is 2.54. The number of Topliss-reactive ketones (excluding diaryl/α,β-unsaturated/α-hetero) is 1. The van der Waals surface area contributed by atoms with Crippen LogP contribution in [-0.4, -0.2) is 46.8 Å². The van der Waals surface area contributed by atoms with E-state index in [2.05, 4.69) is 24.0 Å². The van der Waals surface area contributed by atoms with Gasteiger partial charge in [0.15, 0.2) is 15.8 Å². The Morgan fingerprint density at radius 1 is 1.07 bits per heavy atom. The van der Waals surface area contributed by atoms with Crippen molar-refractivity contribution in [3.05, 3.63) is 94.8 Å². The molecule has 0 saturated carbocycles. The Kier molecular flexibility index (Phi) is 9.04. The first-order valence-corrected chi connectivity index (χ1v) is 16.2. The van der Waals surface area contributed by atoms with E-state index in [4.69, 9.17) is 14.2 Å². The van der Waals surface area contributed by atoms with Gasteiger partial charge in [0, 0.05) is 11.3 Å². The largest absolute Gasteiger partial charge is 0.507 e. The van der Waals surface area contributed by atoms with Crippen molar-refractivity contribution in [1.29, 1.82) is 0 Å². The Labute approximate surface area is 267 Å². The van der Waals surface area contributed by atoms with Crippen molar-refractivity contribution in [2.24, 2.45) is 5.92 Å². The number of benzene rings is 3. The SMILES string of the molecule is CC(C)CCOc1cccc([C@H]2/C(=C(\O)c3ccc4c(c3)OCCO4)C(=O)C(=O)N2c2nnc(SCc3ccc(F)cc3)s2)c1. The number of carbonyl (C=O) groups excluding carboxylic acids is 2. The molecule has 1 saturated heterocycles. The van der Waals surface area contributed by atoms with E-state index in [1.165, 1.54) is 28.8 Å². The monoisotopic (exact) mass is 647 g/mol. The first kappa shape index (κ1) is 30.6. The van der Waals surface area contributed by atoms with Gasteiger partial charge < -0.3 is 19.3 Å². The number of nitrogens with zero attached hydrogens (tertiary/aromatic N) is 3. The van der Waals surface area contributed by atoms with Crippen LogP contribution >= 0.6 is 23.1 Å². The van der Waals surface area contributed by atoms with Crippen LogP contribution in [0.3, 0.4) is 0 Å². The minimum atomic E-state index is -1.00. The minimum absolute atomic E-state index is 0.0910. The predicted molar refractivity (Wildman–Crippen MR) is 169 cm³/mol. The third kappa shape index (κ3) is 6.66. The maximum atomic E-state index is 13.7. The number of aliphatic hydroxyl groups excluding tert-OH is 1. The van der Waals surface area contributed by atoms with Crippen molar-refractivity contribution >= 4 is 45.7 Å². The highest BCUT2D eigenvalue weighted by atomic mass is 32.2. The van der Waals surface area contributed by atoms with Crippen molar-refractivity contribution in [2.45, 2.75) is 36.4 Å². The number of thioether (sulfide) groups is 1. The Bertz CT molecular complexity index is 1760. The fraction of sp³-hybridized carbons (Fsp3) is 0.273. The topological polar surface area (TPSA) is 111 Å². The average Bonchev–Trinajstić information content (AvgIpc) is 3.61. The first-order valence-electron chi connectivity index (χ1n) is 14.4. The van der Waals surface area contributed by atoms with E-state index >= 15 is 0 Å². The molecule has 0 unspecified atom stereocenters. The number of fused-ring (bicyclic) bond motifs is 1. The highest BCUT2D eigenvalue weighted by Crippen LogP contribution is 2.45. The van der Waals surface area contributed by atoms with E-state index in [-0.39, 0.29) is 22.3 Å². The number of hydrogen-bond donors (Lipinski definition) is 1. The number of anilines is 1. The highest BCUT2D eigenvalue weighted by Gasteiger charge is 2.48. The summed E-state index contributed by atoms with van der Waals surface area (Å²) in [6.45, 7) is 5.48. The molecule has 1 atom stereocenters.